The summed E-state index contributed by atoms with van der Waals surface area (Å²) in [7, 11) is 0. The van der Waals surface area contributed by atoms with Crippen LogP contribution in [0.2, 0.25) is 0 Å². The van der Waals surface area contributed by atoms with E-state index in [0.29, 0.717) is 15.7 Å². The smallest absolute Gasteiger partial charge is 0.269 e. The number of thiazole rings is 1. The maximum Gasteiger partial charge on any atom is 0.269 e. The molecule has 0 unspecified atom stereocenters. The summed E-state index contributed by atoms with van der Waals surface area (Å²) in [6.45, 7) is 5.97. The molecule has 0 saturated heterocycles. The normalized spacial score (nSPS) is 10.7. The molecule has 0 bridgehead atoms. The Morgan fingerprint density at radius 1 is 1.43 bits per heavy atom. The maximum absolute atomic E-state index is 12.3. The van der Waals surface area contributed by atoms with Crippen molar-refractivity contribution in [2.24, 2.45) is 0 Å². The van der Waals surface area contributed by atoms with E-state index in [9.17, 15) is 4.79 Å². The number of nitrogens with two attached hydrogens (primary N) is 1. The second kappa shape index (κ2) is 6.44. The molecule has 5 nitrogen and oxygen atoms in total. The van der Waals surface area contributed by atoms with Crippen molar-refractivity contribution in [3.63, 3.8) is 0 Å². The van der Waals surface area contributed by atoms with Crippen LogP contribution in [0.4, 0.5) is 16.6 Å². The zero-order valence-electron chi connectivity index (χ0n) is 12.0. The fraction of sp³-hybridized carbons (Fsp3) is 0.286. The lowest BCUT2D eigenvalue weighted by atomic mass is 10.2. The molecule has 0 fully saturated rings. The molecule has 7 heteroatoms. The summed E-state index contributed by atoms with van der Waals surface area (Å²) in [5.41, 5.74) is 7.60. The van der Waals surface area contributed by atoms with Crippen LogP contribution in [0.3, 0.4) is 0 Å². The van der Waals surface area contributed by atoms with Crippen LogP contribution in [-0.2, 0) is 0 Å². The second-order valence-electron chi connectivity index (χ2n) is 4.97. The number of nitrogen functional groups attached to an aromatic ring is 1. The molecular formula is C14H17BrN4OS. The fourth-order valence-electron chi connectivity index (χ4n) is 1.72. The number of hydrogen-bond donors (Lipinski definition) is 3. The monoisotopic (exact) mass is 368 g/mol. The van der Waals surface area contributed by atoms with Crippen molar-refractivity contribution in [1.29, 1.82) is 0 Å². The highest BCUT2D eigenvalue weighted by atomic mass is 79.9. The van der Waals surface area contributed by atoms with Gasteiger partial charge in [-0.1, -0.05) is 17.4 Å². The van der Waals surface area contributed by atoms with Gasteiger partial charge in [0.2, 0.25) is 0 Å². The van der Waals surface area contributed by atoms with Crippen LogP contribution in [0, 0.1) is 6.92 Å². The molecule has 0 aliphatic carbocycles. The Bertz CT molecular complexity index is 669. The van der Waals surface area contributed by atoms with Crippen LogP contribution in [-0.4, -0.2) is 16.9 Å². The summed E-state index contributed by atoms with van der Waals surface area (Å²) in [6, 6.07) is 5.99. The van der Waals surface area contributed by atoms with Crippen LogP contribution in [0.15, 0.2) is 22.7 Å². The van der Waals surface area contributed by atoms with E-state index < -0.39 is 0 Å². The third-order valence-corrected chi connectivity index (χ3v) is 4.33. The van der Waals surface area contributed by atoms with E-state index >= 15 is 0 Å². The minimum absolute atomic E-state index is 0.234. The molecule has 2 rings (SSSR count). The number of aromatic nitrogens is 1. The molecular weight excluding hydrogens is 352 g/mol. The molecule has 0 atom stereocenters. The van der Waals surface area contributed by atoms with Crippen LogP contribution in [0.25, 0.3) is 0 Å². The first-order valence-electron chi connectivity index (χ1n) is 6.47. The van der Waals surface area contributed by atoms with Crippen LogP contribution < -0.4 is 16.4 Å². The number of amides is 1. The van der Waals surface area contributed by atoms with Crippen molar-refractivity contribution in [3.05, 3.63) is 33.1 Å². The summed E-state index contributed by atoms with van der Waals surface area (Å²) < 4.78 is 0.824. The number of nitrogens with one attached hydrogen (secondary N) is 2. The van der Waals surface area contributed by atoms with Gasteiger partial charge in [0.15, 0.2) is 5.13 Å². The van der Waals surface area contributed by atoms with Crippen molar-refractivity contribution < 1.29 is 4.79 Å². The Morgan fingerprint density at radius 3 is 2.81 bits per heavy atom. The van der Waals surface area contributed by atoms with Crippen LogP contribution in [0.5, 0.6) is 0 Å². The fourth-order valence-corrected chi connectivity index (χ4v) is 2.99. The highest BCUT2D eigenvalue weighted by molar-refractivity contribution is 9.10. The Hall–Kier alpha value is -1.60. The van der Waals surface area contributed by atoms with E-state index in [4.69, 9.17) is 5.73 Å². The first-order valence-corrected chi connectivity index (χ1v) is 8.08. The SMILES string of the molecule is Cc1ccc(Br)c(NC(=O)c2sc(NC(C)C)nc2N)c1. The molecule has 0 saturated carbocycles. The van der Waals surface area contributed by atoms with Crippen molar-refractivity contribution in [3.8, 4) is 0 Å². The predicted octanol–water partition coefficient (Wildman–Crippen LogP) is 3.87. The van der Waals surface area contributed by atoms with Gasteiger partial charge in [0.25, 0.3) is 5.91 Å². The minimum Gasteiger partial charge on any atom is -0.382 e. The van der Waals surface area contributed by atoms with E-state index in [-0.39, 0.29) is 17.8 Å². The van der Waals surface area contributed by atoms with Gasteiger partial charge < -0.3 is 16.4 Å². The van der Waals surface area contributed by atoms with Gasteiger partial charge in [-0.3, -0.25) is 4.79 Å². The summed E-state index contributed by atoms with van der Waals surface area (Å²) in [5, 5.41) is 6.64. The Kier molecular flexibility index (Phi) is 4.84. The topological polar surface area (TPSA) is 80.0 Å². The molecule has 0 aliphatic rings. The van der Waals surface area contributed by atoms with Crippen molar-refractivity contribution >= 4 is 49.8 Å². The van der Waals surface area contributed by atoms with E-state index in [0.717, 1.165) is 10.0 Å². The molecule has 0 spiro atoms. The van der Waals surface area contributed by atoms with Gasteiger partial charge in [0, 0.05) is 10.5 Å². The average Bonchev–Trinajstić information content (AvgIpc) is 2.74. The molecule has 1 aromatic heterocycles. The van der Waals surface area contributed by atoms with Gasteiger partial charge in [-0.2, -0.15) is 0 Å². The van der Waals surface area contributed by atoms with Gasteiger partial charge in [0.05, 0.1) is 5.69 Å². The van der Waals surface area contributed by atoms with E-state index in [1.165, 1.54) is 11.3 Å². The van der Waals surface area contributed by atoms with Crippen LogP contribution in [0.1, 0.15) is 29.1 Å². The number of benzene rings is 1. The van der Waals surface area contributed by atoms with Crippen LogP contribution >= 0.6 is 27.3 Å². The number of aryl methyl sites for hydroxylation is 1. The number of carbonyl (C=O) groups is 1. The summed E-state index contributed by atoms with van der Waals surface area (Å²) in [5.74, 6) is -0.0162. The number of rotatable bonds is 4. The first-order chi connectivity index (χ1) is 9.86. The minimum atomic E-state index is -0.256. The van der Waals surface area contributed by atoms with Gasteiger partial charge in [-0.15, -0.1) is 0 Å². The molecule has 1 aromatic carbocycles. The van der Waals surface area contributed by atoms with Crippen molar-refractivity contribution in [2.45, 2.75) is 26.8 Å². The lowest BCUT2D eigenvalue weighted by Crippen LogP contribution is -2.12. The van der Waals surface area contributed by atoms with Gasteiger partial charge in [-0.05, 0) is 54.4 Å². The third-order valence-electron chi connectivity index (χ3n) is 2.64. The molecule has 1 heterocycles. The maximum atomic E-state index is 12.3. The number of hydrogen-bond acceptors (Lipinski definition) is 5. The molecule has 1 amide bonds. The number of nitrogens with zero attached hydrogens (tertiary/aromatic N) is 1. The van der Waals surface area contributed by atoms with E-state index in [1.54, 1.807) is 0 Å². The average molecular weight is 369 g/mol. The van der Waals surface area contributed by atoms with Crippen molar-refractivity contribution in [2.75, 3.05) is 16.4 Å². The number of anilines is 3. The second-order valence-corrected chi connectivity index (χ2v) is 6.82. The zero-order chi connectivity index (χ0) is 15.6. The van der Waals surface area contributed by atoms with Gasteiger partial charge >= 0.3 is 0 Å². The lowest BCUT2D eigenvalue weighted by Gasteiger charge is -2.07. The third kappa shape index (κ3) is 3.95. The molecule has 112 valence electrons. The summed E-state index contributed by atoms with van der Waals surface area (Å²) >= 11 is 4.67. The van der Waals surface area contributed by atoms with Gasteiger partial charge in [-0.25, -0.2) is 4.98 Å². The van der Waals surface area contributed by atoms with Gasteiger partial charge in [0.1, 0.15) is 10.7 Å². The standard InChI is InChI=1S/C14H17BrN4OS/c1-7(2)17-14-19-12(16)11(21-14)13(20)18-10-6-8(3)4-5-9(10)15/h4-7H,16H2,1-3H3,(H,17,19)(H,18,20). The quantitative estimate of drug-likeness (QED) is 0.764. The summed E-state index contributed by atoms with van der Waals surface area (Å²) in [6.07, 6.45) is 0. The number of halogens is 1. The highest BCUT2D eigenvalue weighted by Gasteiger charge is 2.17. The Morgan fingerprint density at radius 2 is 2.14 bits per heavy atom. The largest absolute Gasteiger partial charge is 0.382 e. The predicted molar refractivity (Wildman–Crippen MR) is 92.1 cm³/mol. The van der Waals surface area contributed by atoms with E-state index in [1.807, 2.05) is 39.0 Å². The lowest BCUT2D eigenvalue weighted by molar-refractivity contribution is 0.103. The Balaban J connectivity index is 2.20. The molecule has 0 radical (unpaired) electrons. The molecule has 0 aliphatic heterocycles. The number of carbonyl (C=O) groups excluding carboxylic acids is 1. The van der Waals surface area contributed by atoms with E-state index in [2.05, 4.69) is 31.5 Å². The van der Waals surface area contributed by atoms with Crippen molar-refractivity contribution in [1.82, 2.24) is 4.98 Å². The molecule has 21 heavy (non-hydrogen) atoms. The Labute approximate surface area is 136 Å². The zero-order valence-corrected chi connectivity index (χ0v) is 14.4. The summed E-state index contributed by atoms with van der Waals surface area (Å²) in [4.78, 5) is 16.9. The first kappa shape index (κ1) is 15.8. The molecule has 2 aromatic rings. The molecule has 4 N–H and O–H groups in total. The highest BCUT2D eigenvalue weighted by Crippen LogP contribution is 2.28.